The Kier molecular flexibility index (Phi) is 2.29. The summed E-state index contributed by atoms with van der Waals surface area (Å²) in [4.78, 5) is 0.0583. The summed E-state index contributed by atoms with van der Waals surface area (Å²) in [5.74, 6) is 0. The first kappa shape index (κ1) is 9.88. The largest absolute Gasteiger partial charge is 0.364 e. The van der Waals surface area contributed by atoms with Gasteiger partial charge in [-0.25, -0.2) is 13.6 Å². The standard InChI is InChI=1S/C9H8N2O3S/c10-15(12,13)8-3-1-2-7(6-8)9-4-5-14-11-9/h1-6H,(H2,10,12,13). The predicted molar refractivity (Wildman–Crippen MR) is 53.3 cm³/mol. The lowest BCUT2D eigenvalue weighted by Gasteiger charge is -1.99. The molecule has 0 unspecified atom stereocenters. The van der Waals surface area contributed by atoms with Crippen molar-refractivity contribution in [1.29, 1.82) is 0 Å². The molecule has 0 amide bonds. The Hall–Kier alpha value is -1.66. The van der Waals surface area contributed by atoms with Gasteiger partial charge in [0.2, 0.25) is 10.0 Å². The minimum absolute atomic E-state index is 0.0583. The third-order valence-electron chi connectivity index (χ3n) is 1.90. The van der Waals surface area contributed by atoms with E-state index < -0.39 is 10.0 Å². The first-order valence-electron chi connectivity index (χ1n) is 4.11. The van der Waals surface area contributed by atoms with E-state index in [0.29, 0.717) is 11.3 Å². The molecule has 1 aromatic carbocycles. The Balaban J connectivity index is 2.53. The Bertz CT molecular complexity index is 561. The van der Waals surface area contributed by atoms with Crippen LogP contribution in [0.2, 0.25) is 0 Å². The van der Waals surface area contributed by atoms with E-state index in [1.165, 1.54) is 18.4 Å². The molecular weight excluding hydrogens is 216 g/mol. The number of sulfonamides is 1. The van der Waals surface area contributed by atoms with Crippen LogP contribution in [0.5, 0.6) is 0 Å². The van der Waals surface area contributed by atoms with Crippen LogP contribution in [0.15, 0.2) is 46.0 Å². The second-order valence-corrected chi connectivity index (χ2v) is 4.52. The van der Waals surface area contributed by atoms with Crippen LogP contribution in [0, 0.1) is 0 Å². The zero-order valence-electron chi connectivity index (χ0n) is 7.62. The number of nitrogens with two attached hydrogens (primary N) is 1. The highest BCUT2D eigenvalue weighted by atomic mass is 32.2. The van der Waals surface area contributed by atoms with E-state index in [0.717, 1.165) is 0 Å². The van der Waals surface area contributed by atoms with Gasteiger partial charge >= 0.3 is 0 Å². The van der Waals surface area contributed by atoms with Crippen LogP contribution in [0.4, 0.5) is 0 Å². The molecule has 0 atom stereocenters. The third kappa shape index (κ3) is 2.05. The molecule has 2 rings (SSSR count). The van der Waals surface area contributed by atoms with Crippen molar-refractivity contribution in [3.63, 3.8) is 0 Å². The second-order valence-electron chi connectivity index (χ2n) is 2.96. The predicted octanol–water partition coefficient (Wildman–Crippen LogP) is 0.989. The summed E-state index contributed by atoms with van der Waals surface area (Å²) >= 11 is 0. The Morgan fingerprint density at radius 2 is 2.07 bits per heavy atom. The number of primary sulfonamides is 1. The topological polar surface area (TPSA) is 86.2 Å². The molecule has 0 aliphatic carbocycles. The monoisotopic (exact) mass is 224 g/mol. The molecule has 1 aromatic heterocycles. The van der Waals surface area contributed by atoms with Crippen molar-refractivity contribution in [3.05, 3.63) is 36.6 Å². The van der Waals surface area contributed by atoms with Crippen LogP contribution in [-0.2, 0) is 10.0 Å². The summed E-state index contributed by atoms with van der Waals surface area (Å²) in [5.41, 5.74) is 1.22. The molecule has 1 heterocycles. The lowest BCUT2D eigenvalue weighted by Crippen LogP contribution is -2.11. The fourth-order valence-corrected chi connectivity index (χ4v) is 1.75. The fourth-order valence-electron chi connectivity index (χ4n) is 1.19. The molecule has 0 saturated heterocycles. The van der Waals surface area contributed by atoms with Gasteiger partial charge in [-0.15, -0.1) is 0 Å². The van der Waals surface area contributed by atoms with Gasteiger partial charge in [0.1, 0.15) is 12.0 Å². The van der Waals surface area contributed by atoms with Gasteiger partial charge in [0.25, 0.3) is 0 Å². The van der Waals surface area contributed by atoms with Crippen LogP contribution in [0.3, 0.4) is 0 Å². The molecule has 5 nitrogen and oxygen atoms in total. The summed E-state index contributed by atoms with van der Waals surface area (Å²) in [6, 6.07) is 7.85. The summed E-state index contributed by atoms with van der Waals surface area (Å²) in [6.07, 6.45) is 1.42. The van der Waals surface area contributed by atoms with E-state index in [1.54, 1.807) is 18.2 Å². The molecule has 0 aliphatic heterocycles. The number of aromatic nitrogens is 1. The molecule has 6 heteroatoms. The van der Waals surface area contributed by atoms with E-state index in [9.17, 15) is 8.42 Å². The van der Waals surface area contributed by atoms with E-state index in [2.05, 4.69) is 9.68 Å². The average Bonchev–Trinajstić information content (AvgIpc) is 2.69. The maximum absolute atomic E-state index is 11.1. The molecule has 78 valence electrons. The Labute approximate surface area is 86.6 Å². The highest BCUT2D eigenvalue weighted by molar-refractivity contribution is 7.89. The molecule has 0 fully saturated rings. The van der Waals surface area contributed by atoms with E-state index in [4.69, 9.17) is 5.14 Å². The molecule has 15 heavy (non-hydrogen) atoms. The van der Waals surface area contributed by atoms with Crippen molar-refractivity contribution in [2.75, 3.05) is 0 Å². The van der Waals surface area contributed by atoms with Crippen molar-refractivity contribution >= 4 is 10.0 Å². The van der Waals surface area contributed by atoms with E-state index in [-0.39, 0.29) is 4.90 Å². The van der Waals surface area contributed by atoms with Gasteiger partial charge in [0.15, 0.2) is 0 Å². The van der Waals surface area contributed by atoms with Gasteiger partial charge in [-0.1, -0.05) is 17.3 Å². The first-order valence-corrected chi connectivity index (χ1v) is 5.65. The zero-order chi connectivity index (χ0) is 10.9. The highest BCUT2D eigenvalue weighted by Gasteiger charge is 2.09. The van der Waals surface area contributed by atoms with E-state index in [1.807, 2.05) is 0 Å². The van der Waals surface area contributed by atoms with Crippen molar-refractivity contribution in [1.82, 2.24) is 5.16 Å². The van der Waals surface area contributed by atoms with Gasteiger partial charge < -0.3 is 4.52 Å². The lowest BCUT2D eigenvalue weighted by atomic mass is 10.2. The van der Waals surface area contributed by atoms with Crippen molar-refractivity contribution < 1.29 is 12.9 Å². The van der Waals surface area contributed by atoms with Crippen LogP contribution in [0.25, 0.3) is 11.3 Å². The Morgan fingerprint density at radius 3 is 2.67 bits per heavy atom. The van der Waals surface area contributed by atoms with Crippen molar-refractivity contribution in [3.8, 4) is 11.3 Å². The Morgan fingerprint density at radius 1 is 1.27 bits per heavy atom. The molecule has 0 bridgehead atoms. The number of hydrogen-bond donors (Lipinski definition) is 1. The maximum atomic E-state index is 11.1. The smallest absolute Gasteiger partial charge is 0.238 e. The molecular formula is C9H8N2O3S. The normalized spacial score (nSPS) is 11.5. The quantitative estimate of drug-likeness (QED) is 0.824. The number of hydrogen-bond acceptors (Lipinski definition) is 4. The summed E-state index contributed by atoms with van der Waals surface area (Å²) in [7, 11) is -3.67. The molecule has 0 aliphatic rings. The summed E-state index contributed by atoms with van der Waals surface area (Å²) in [5, 5.41) is 8.71. The third-order valence-corrected chi connectivity index (χ3v) is 2.81. The molecule has 2 N–H and O–H groups in total. The maximum Gasteiger partial charge on any atom is 0.238 e. The van der Waals surface area contributed by atoms with E-state index >= 15 is 0 Å². The molecule has 0 spiro atoms. The molecule has 0 radical (unpaired) electrons. The SMILES string of the molecule is NS(=O)(=O)c1cccc(-c2ccon2)c1. The lowest BCUT2D eigenvalue weighted by molar-refractivity contribution is 0.422. The van der Waals surface area contributed by atoms with Gasteiger partial charge in [0, 0.05) is 11.6 Å². The van der Waals surface area contributed by atoms with Crippen LogP contribution < -0.4 is 5.14 Å². The van der Waals surface area contributed by atoms with Gasteiger partial charge in [-0.05, 0) is 12.1 Å². The van der Waals surface area contributed by atoms with Gasteiger partial charge in [-0.3, -0.25) is 0 Å². The first-order chi connectivity index (χ1) is 7.07. The van der Waals surface area contributed by atoms with Crippen LogP contribution >= 0.6 is 0 Å². The fraction of sp³-hybridized carbons (Fsp3) is 0. The van der Waals surface area contributed by atoms with Crippen LogP contribution in [0.1, 0.15) is 0 Å². The molecule has 0 saturated carbocycles. The zero-order valence-corrected chi connectivity index (χ0v) is 8.44. The average molecular weight is 224 g/mol. The number of nitrogens with zero attached hydrogens (tertiary/aromatic N) is 1. The summed E-state index contributed by atoms with van der Waals surface area (Å²) < 4.78 is 26.8. The number of rotatable bonds is 2. The minimum Gasteiger partial charge on any atom is -0.364 e. The van der Waals surface area contributed by atoms with Crippen LogP contribution in [-0.4, -0.2) is 13.6 Å². The van der Waals surface area contributed by atoms with Gasteiger partial charge in [0.05, 0.1) is 4.90 Å². The van der Waals surface area contributed by atoms with Crippen molar-refractivity contribution in [2.45, 2.75) is 4.90 Å². The second kappa shape index (κ2) is 3.48. The minimum atomic E-state index is -3.67. The molecule has 2 aromatic rings. The highest BCUT2D eigenvalue weighted by Crippen LogP contribution is 2.19. The van der Waals surface area contributed by atoms with Crippen molar-refractivity contribution in [2.24, 2.45) is 5.14 Å². The number of benzene rings is 1. The summed E-state index contributed by atoms with van der Waals surface area (Å²) in [6.45, 7) is 0. The van der Waals surface area contributed by atoms with Gasteiger partial charge in [-0.2, -0.15) is 0 Å².